The van der Waals surface area contributed by atoms with Gasteiger partial charge in [-0.05, 0) is 18.5 Å². The molecule has 0 bridgehead atoms. The van der Waals surface area contributed by atoms with E-state index < -0.39 is 20.6 Å². The Bertz CT molecular complexity index is 442. The van der Waals surface area contributed by atoms with E-state index >= 15 is 0 Å². The Hall–Kier alpha value is 0.257. The number of hydrogen-bond acceptors (Lipinski definition) is 2. The number of rotatable bonds is 4. The van der Waals surface area contributed by atoms with Crippen LogP contribution in [0.2, 0.25) is 6.55 Å². The lowest BCUT2D eigenvalue weighted by Gasteiger charge is -2.21. The minimum Gasteiger partial charge on any atom is -0.212 e. The van der Waals surface area contributed by atoms with Crippen molar-refractivity contribution in [2.45, 2.75) is 17.8 Å². The van der Waals surface area contributed by atoms with Gasteiger partial charge >= 0.3 is 0 Å². The number of halogens is 3. The highest BCUT2D eigenvalue weighted by atomic mass is 35.7. The highest BCUT2D eigenvalue weighted by molar-refractivity contribution is 8.16. The average Bonchev–Trinajstić information content (AvgIpc) is 2.12. The van der Waals surface area contributed by atoms with Crippen molar-refractivity contribution in [2.75, 3.05) is 0 Å². The zero-order valence-electron chi connectivity index (χ0n) is 8.53. The fourth-order valence-corrected chi connectivity index (χ4v) is 9.50. The van der Waals surface area contributed by atoms with Crippen molar-refractivity contribution in [1.82, 2.24) is 0 Å². The molecule has 0 heterocycles. The van der Waals surface area contributed by atoms with Crippen LogP contribution >= 0.6 is 32.8 Å². The summed E-state index contributed by atoms with van der Waals surface area (Å²) in [5.41, 5.74) is 0.858. The third kappa shape index (κ3) is 4.26. The smallest absolute Gasteiger partial charge is 0.212 e. The van der Waals surface area contributed by atoms with Crippen LogP contribution < -0.4 is 0 Å². The minimum absolute atomic E-state index is 0.252. The van der Waals surface area contributed by atoms with Crippen LogP contribution in [0.15, 0.2) is 30.3 Å². The lowest BCUT2D eigenvalue weighted by Crippen LogP contribution is -2.40. The van der Waals surface area contributed by atoms with Gasteiger partial charge in [0.15, 0.2) is 0 Å². The summed E-state index contributed by atoms with van der Waals surface area (Å²) in [6.07, 6.45) is 0.252. The second-order valence-electron chi connectivity index (χ2n) is 3.61. The highest BCUT2D eigenvalue weighted by Crippen LogP contribution is 2.29. The predicted octanol–water partition coefficient (Wildman–Crippen LogP) is 3.26. The third-order valence-electron chi connectivity index (χ3n) is 2.17. The molecule has 1 rings (SSSR count). The molecule has 90 valence electrons. The second kappa shape index (κ2) is 5.27. The van der Waals surface area contributed by atoms with E-state index in [0.29, 0.717) is 0 Å². The van der Waals surface area contributed by atoms with Gasteiger partial charge in [0.1, 0.15) is 4.87 Å². The van der Waals surface area contributed by atoms with Crippen molar-refractivity contribution >= 4 is 48.6 Å². The Labute approximate surface area is 110 Å². The summed E-state index contributed by atoms with van der Waals surface area (Å²) >= 11 is 11.9. The molecule has 0 fully saturated rings. The molecule has 1 aromatic carbocycles. The number of benzene rings is 1. The Kier molecular flexibility index (Phi) is 4.72. The molecule has 1 unspecified atom stereocenters. The summed E-state index contributed by atoms with van der Waals surface area (Å²) in [5, 5.41) is 0. The molecule has 16 heavy (non-hydrogen) atoms. The van der Waals surface area contributed by atoms with Gasteiger partial charge in [-0.3, -0.25) is 0 Å². The van der Waals surface area contributed by atoms with Crippen LogP contribution in [0.3, 0.4) is 0 Å². The molecule has 0 saturated carbocycles. The molecule has 0 saturated heterocycles. The van der Waals surface area contributed by atoms with Gasteiger partial charge in [0.05, 0.1) is 0 Å². The van der Waals surface area contributed by atoms with Crippen molar-refractivity contribution in [2.24, 2.45) is 0 Å². The Balaban J connectivity index is 2.99. The van der Waals surface area contributed by atoms with E-state index in [-0.39, 0.29) is 6.42 Å². The van der Waals surface area contributed by atoms with Gasteiger partial charge in [-0.15, -0.1) is 22.2 Å². The molecule has 1 atom stereocenters. The molecule has 0 aliphatic rings. The van der Waals surface area contributed by atoms with E-state index in [1.54, 1.807) is 6.55 Å². The summed E-state index contributed by atoms with van der Waals surface area (Å²) in [4.78, 5) is -0.896. The van der Waals surface area contributed by atoms with Crippen molar-refractivity contribution < 1.29 is 8.42 Å². The van der Waals surface area contributed by atoms with Crippen LogP contribution in [0.25, 0.3) is 0 Å². The lowest BCUT2D eigenvalue weighted by molar-refractivity contribution is 0.605. The van der Waals surface area contributed by atoms with Crippen LogP contribution in [0.1, 0.15) is 5.56 Å². The van der Waals surface area contributed by atoms with Crippen LogP contribution in [0.4, 0.5) is 0 Å². The molecule has 2 nitrogen and oxygen atoms in total. The zero-order chi connectivity index (χ0) is 12.4. The van der Waals surface area contributed by atoms with E-state index in [0.717, 1.165) is 5.56 Å². The van der Waals surface area contributed by atoms with E-state index in [2.05, 4.69) is 0 Å². The maximum absolute atomic E-state index is 11.4. The summed E-state index contributed by atoms with van der Waals surface area (Å²) in [6.45, 7) is -1.32. The predicted molar refractivity (Wildman–Crippen MR) is 72.0 cm³/mol. The van der Waals surface area contributed by atoms with Crippen molar-refractivity contribution in [3.63, 3.8) is 0 Å². The normalized spacial score (nSPS) is 14.8. The monoisotopic (exact) mass is 316 g/mol. The van der Waals surface area contributed by atoms with E-state index in [4.69, 9.17) is 32.8 Å². The lowest BCUT2D eigenvalue weighted by atomic mass is 10.2. The maximum Gasteiger partial charge on any atom is 0.267 e. The van der Waals surface area contributed by atoms with E-state index in [9.17, 15) is 8.42 Å². The first-order chi connectivity index (χ1) is 7.21. The molecule has 0 aliphatic carbocycles. The first-order valence-corrected chi connectivity index (χ1v) is 11.5. The van der Waals surface area contributed by atoms with Crippen molar-refractivity contribution in [3.05, 3.63) is 35.9 Å². The fourth-order valence-electron chi connectivity index (χ4n) is 1.35. The number of hydrogen-bond donors (Lipinski definition) is 0. The summed E-state index contributed by atoms with van der Waals surface area (Å²) in [6, 6.07) is 9.15. The molecular weight excluding hydrogens is 307 g/mol. The Morgan fingerprint density at radius 2 is 1.75 bits per heavy atom. The average molecular weight is 318 g/mol. The molecule has 0 N–H and O–H groups in total. The van der Waals surface area contributed by atoms with Gasteiger partial charge in [-0.2, -0.15) is 0 Å². The van der Waals surface area contributed by atoms with Gasteiger partial charge in [0.2, 0.25) is 9.05 Å². The fraction of sp³-hybridized carbons (Fsp3) is 0.333. The molecule has 0 amide bonds. The SMILES string of the molecule is C[Si](Cl)(Cl)C(Cc1ccccc1)S(=O)(=O)Cl. The molecule has 1 aromatic rings. The van der Waals surface area contributed by atoms with Gasteiger partial charge in [0, 0.05) is 10.7 Å². The summed E-state index contributed by atoms with van der Waals surface area (Å²) in [7, 11) is 1.62. The van der Waals surface area contributed by atoms with Crippen LogP contribution in [0, 0.1) is 0 Å². The van der Waals surface area contributed by atoms with Gasteiger partial charge in [-0.1, -0.05) is 30.3 Å². The topological polar surface area (TPSA) is 34.1 Å². The van der Waals surface area contributed by atoms with Crippen molar-refractivity contribution in [1.29, 1.82) is 0 Å². The Morgan fingerprint density at radius 1 is 1.25 bits per heavy atom. The minimum atomic E-state index is -3.75. The van der Waals surface area contributed by atoms with Gasteiger partial charge in [0.25, 0.3) is 6.69 Å². The van der Waals surface area contributed by atoms with E-state index in [1.165, 1.54) is 0 Å². The molecule has 0 aliphatic heterocycles. The molecule has 0 aromatic heterocycles. The van der Waals surface area contributed by atoms with Crippen molar-refractivity contribution in [3.8, 4) is 0 Å². The summed E-state index contributed by atoms with van der Waals surface area (Å²) in [5.74, 6) is 0. The third-order valence-corrected chi connectivity index (χ3v) is 10.1. The first-order valence-electron chi connectivity index (χ1n) is 4.56. The standard InChI is InChI=1S/C9H11Cl3O2SSi/c1-16(11,12)9(15(10,13)14)7-8-5-3-2-4-6-8/h2-6,9H,7H2,1H3. The zero-order valence-corrected chi connectivity index (χ0v) is 12.6. The molecule has 0 spiro atoms. The van der Waals surface area contributed by atoms with Crippen LogP contribution in [-0.2, 0) is 15.5 Å². The molecule has 7 heteroatoms. The molecule has 0 radical (unpaired) electrons. The van der Waals surface area contributed by atoms with Crippen LogP contribution in [-0.4, -0.2) is 20.0 Å². The maximum atomic E-state index is 11.4. The highest BCUT2D eigenvalue weighted by Gasteiger charge is 2.42. The van der Waals surface area contributed by atoms with E-state index in [1.807, 2.05) is 30.3 Å². The quantitative estimate of drug-likeness (QED) is 0.485. The second-order valence-corrected chi connectivity index (χ2v) is 14.7. The Morgan fingerprint density at radius 3 is 2.12 bits per heavy atom. The summed E-state index contributed by atoms with van der Waals surface area (Å²) < 4.78 is 22.8. The molecular formula is C9H11Cl3O2SSi. The first kappa shape index (κ1) is 14.3. The largest absolute Gasteiger partial charge is 0.267 e. The van der Waals surface area contributed by atoms with Gasteiger partial charge < -0.3 is 0 Å². The van der Waals surface area contributed by atoms with Gasteiger partial charge in [-0.25, -0.2) is 8.42 Å². The van der Waals surface area contributed by atoms with Crippen LogP contribution in [0.5, 0.6) is 0 Å².